The molecular weight excluding hydrogens is 244 g/mol. The average molecular weight is 257 g/mol. The highest BCUT2D eigenvalue weighted by Gasteiger charge is 2.04. The monoisotopic (exact) mass is 256 g/mol. The van der Waals surface area contributed by atoms with Gasteiger partial charge in [-0.3, -0.25) is 14.9 Å². The van der Waals surface area contributed by atoms with Crippen molar-refractivity contribution < 1.29 is 14.7 Å². The van der Waals surface area contributed by atoms with Crippen molar-refractivity contribution in [3.8, 4) is 0 Å². The Morgan fingerprint density at radius 2 is 2.06 bits per heavy atom. The van der Waals surface area contributed by atoms with Crippen molar-refractivity contribution in [2.24, 2.45) is 0 Å². The number of rotatable bonds is 5. The smallest absolute Gasteiger partial charge is 0.317 e. The molecular formula is C11H13ClN2O3. The highest BCUT2D eigenvalue weighted by molar-refractivity contribution is 6.31. The lowest BCUT2D eigenvalue weighted by Crippen LogP contribution is -2.31. The van der Waals surface area contributed by atoms with E-state index in [1.54, 1.807) is 18.2 Å². The molecule has 0 saturated carbocycles. The third kappa shape index (κ3) is 4.84. The fourth-order valence-corrected chi connectivity index (χ4v) is 1.34. The number of anilines is 1. The van der Waals surface area contributed by atoms with Crippen LogP contribution < -0.4 is 10.6 Å². The maximum absolute atomic E-state index is 11.4. The van der Waals surface area contributed by atoms with Crippen LogP contribution in [0.15, 0.2) is 18.2 Å². The van der Waals surface area contributed by atoms with Crippen LogP contribution in [0.1, 0.15) is 5.56 Å². The van der Waals surface area contributed by atoms with E-state index >= 15 is 0 Å². The summed E-state index contributed by atoms with van der Waals surface area (Å²) in [5, 5.41) is 14.0. The molecule has 0 aliphatic rings. The van der Waals surface area contributed by atoms with E-state index in [-0.39, 0.29) is 19.0 Å². The van der Waals surface area contributed by atoms with Crippen molar-refractivity contribution in [3.05, 3.63) is 28.8 Å². The standard InChI is InChI=1S/C11H13ClN2O3/c1-7-2-3-8(4-9(7)12)14-10(15)5-13-6-11(16)17/h2-4,13H,5-6H2,1H3,(H,14,15)(H,16,17). The summed E-state index contributed by atoms with van der Waals surface area (Å²) in [6.07, 6.45) is 0. The number of halogens is 1. The van der Waals surface area contributed by atoms with Crippen molar-refractivity contribution >= 4 is 29.2 Å². The molecule has 0 aliphatic carbocycles. The summed E-state index contributed by atoms with van der Waals surface area (Å²) in [4.78, 5) is 21.6. The van der Waals surface area contributed by atoms with E-state index in [9.17, 15) is 9.59 Å². The SMILES string of the molecule is Cc1ccc(NC(=O)CNCC(=O)O)cc1Cl. The molecule has 1 rings (SSSR count). The van der Waals surface area contributed by atoms with Gasteiger partial charge in [-0.05, 0) is 24.6 Å². The Balaban J connectivity index is 2.45. The first-order valence-corrected chi connectivity index (χ1v) is 5.35. The van der Waals surface area contributed by atoms with Gasteiger partial charge in [-0.25, -0.2) is 0 Å². The molecule has 0 atom stereocenters. The molecule has 0 heterocycles. The van der Waals surface area contributed by atoms with Gasteiger partial charge in [-0.1, -0.05) is 17.7 Å². The number of carbonyl (C=O) groups is 2. The van der Waals surface area contributed by atoms with Gasteiger partial charge in [0.15, 0.2) is 0 Å². The van der Waals surface area contributed by atoms with Crippen molar-refractivity contribution in [2.45, 2.75) is 6.92 Å². The molecule has 0 saturated heterocycles. The quantitative estimate of drug-likeness (QED) is 0.741. The second-order valence-electron chi connectivity index (χ2n) is 3.51. The molecule has 17 heavy (non-hydrogen) atoms. The first-order valence-electron chi connectivity index (χ1n) is 4.97. The first-order chi connectivity index (χ1) is 7.99. The van der Waals surface area contributed by atoms with E-state index in [1.807, 2.05) is 6.92 Å². The number of amides is 1. The summed E-state index contributed by atoms with van der Waals surface area (Å²) in [6.45, 7) is 1.56. The van der Waals surface area contributed by atoms with Crippen LogP contribution in [0.4, 0.5) is 5.69 Å². The minimum atomic E-state index is -1.00. The van der Waals surface area contributed by atoms with Crippen LogP contribution in [0.2, 0.25) is 5.02 Å². The largest absolute Gasteiger partial charge is 0.480 e. The number of carboxylic acid groups (broad SMARTS) is 1. The van der Waals surface area contributed by atoms with Gasteiger partial charge in [0.2, 0.25) is 5.91 Å². The molecule has 0 bridgehead atoms. The van der Waals surface area contributed by atoms with Crippen LogP contribution in [-0.4, -0.2) is 30.1 Å². The minimum Gasteiger partial charge on any atom is -0.480 e. The maximum Gasteiger partial charge on any atom is 0.317 e. The molecule has 1 aromatic carbocycles. The van der Waals surface area contributed by atoms with Crippen LogP contribution in [0.25, 0.3) is 0 Å². The zero-order valence-corrected chi connectivity index (χ0v) is 10.0. The number of aryl methyl sites for hydroxylation is 1. The maximum atomic E-state index is 11.4. The molecule has 1 aromatic rings. The molecule has 0 spiro atoms. The van der Waals surface area contributed by atoms with Crippen molar-refractivity contribution in [3.63, 3.8) is 0 Å². The normalized spacial score (nSPS) is 10.0. The molecule has 3 N–H and O–H groups in total. The Bertz CT molecular complexity index is 435. The number of carbonyl (C=O) groups excluding carboxylic acids is 1. The van der Waals surface area contributed by atoms with Crippen LogP contribution in [0, 0.1) is 6.92 Å². The molecule has 0 unspecified atom stereocenters. The molecule has 0 radical (unpaired) electrons. The topological polar surface area (TPSA) is 78.4 Å². The Kier molecular flexibility index (Phi) is 4.93. The zero-order chi connectivity index (χ0) is 12.8. The number of nitrogens with one attached hydrogen (secondary N) is 2. The fourth-order valence-electron chi connectivity index (χ4n) is 1.16. The first kappa shape index (κ1) is 13.5. The van der Waals surface area contributed by atoms with Crippen LogP contribution in [0.5, 0.6) is 0 Å². The second kappa shape index (κ2) is 6.22. The summed E-state index contributed by atoms with van der Waals surface area (Å²) >= 11 is 5.90. The van der Waals surface area contributed by atoms with E-state index in [1.165, 1.54) is 0 Å². The van der Waals surface area contributed by atoms with Crippen molar-refractivity contribution in [1.82, 2.24) is 5.32 Å². The molecule has 1 amide bonds. The van der Waals surface area contributed by atoms with Crippen LogP contribution in [-0.2, 0) is 9.59 Å². The third-order valence-electron chi connectivity index (χ3n) is 2.02. The van der Waals surface area contributed by atoms with Gasteiger partial charge in [0, 0.05) is 10.7 Å². The lowest BCUT2D eigenvalue weighted by molar-refractivity contribution is -0.135. The van der Waals surface area contributed by atoms with E-state index < -0.39 is 5.97 Å². The number of carboxylic acids is 1. The van der Waals surface area contributed by atoms with Gasteiger partial charge >= 0.3 is 5.97 Å². The molecule has 5 nitrogen and oxygen atoms in total. The summed E-state index contributed by atoms with van der Waals surface area (Å²) in [5.74, 6) is -1.32. The summed E-state index contributed by atoms with van der Waals surface area (Å²) < 4.78 is 0. The molecule has 0 aromatic heterocycles. The molecule has 6 heteroatoms. The van der Waals surface area contributed by atoms with Crippen LogP contribution in [0.3, 0.4) is 0 Å². The van der Waals surface area contributed by atoms with Gasteiger partial charge in [0.25, 0.3) is 0 Å². The van der Waals surface area contributed by atoms with E-state index in [0.717, 1.165) is 5.56 Å². The Hall–Kier alpha value is -1.59. The molecule has 0 aliphatic heterocycles. The van der Waals surface area contributed by atoms with Gasteiger partial charge in [-0.15, -0.1) is 0 Å². The number of aliphatic carboxylic acids is 1. The fraction of sp³-hybridized carbons (Fsp3) is 0.273. The summed E-state index contributed by atoms with van der Waals surface area (Å²) in [7, 11) is 0. The number of hydrogen-bond acceptors (Lipinski definition) is 3. The number of benzene rings is 1. The predicted octanol–water partition coefficient (Wildman–Crippen LogP) is 1.26. The van der Waals surface area contributed by atoms with Gasteiger partial charge in [-0.2, -0.15) is 0 Å². The zero-order valence-electron chi connectivity index (χ0n) is 9.29. The van der Waals surface area contributed by atoms with Crippen molar-refractivity contribution in [2.75, 3.05) is 18.4 Å². The van der Waals surface area contributed by atoms with Gasteiger partial charge in [0.1, 0.15) is 0 Å². The minimum absolute atomic E-state index is 0.0577. The Labute approximate surface area is 104 Å². The van der Waals surface area contributed by atoms with Gasteiger partial charge < -0.3 is 10.4 Å². The van der Waals surface area contributed by atoms with E-state index in [0.29, 0.717) is 10.7 Å². The van der Waals surface area contributed by atoms with E-state index in [4.69, 9.17) is 16.7 Å². The second-order valence-corrected chi connectivity index (χ2v) is 3.92. The lowest BCUT2D eigenvalue weighted by Gasteiger charge is -2.07. The summed E-state index contributed by atoms with van der Waals surface area (Å²) in [6, 6.07) is 5.17. The van der Waals surface area contributed by atoms with Crippen molar-refractivity contribution in [1.29, 1.82) is 0 Å². The predicted molar refractivity (Wildman–Crippen MR) is 65.3 cm³/mol. The molecule has 0 fully saturated rings. The van der Waals surface area contributed by atoms with E-state index in [2.05, 4.69) is 10.6 Å². The lowest BCUT2D eigenvalue weighted by atomic mass is 10.2. The highest BCUT2D eigenvalue weighted by atomic mass is 35.5. The van der Waals surface area contributed by atoms with Crippen LogP contribution >= 0.6 is 11.6 Å². The van der Waals surface area contributed by atoms with Gasteiger partial charge in [0.05, 0.1) is 13.1 Å². The average Bonchev–Trinajstić information content (AvgIpc) is 2.23. The molecule has 92 valence electrons. The third-order valence-corrected chi connectivity index (χ3v) is 2.42. The number of hydrogen-bond donors (Lipinski definition) is 3. The Morgan fingerprint density at radius 3 is 2.65 bits per heavy atom. The summed E-state index contributed by atoms with van der Waals surface area (Å²) in [5.41, 5.74) is 1.51. The highest BCUT2D eigenvalue weighted by Crippen LogP contribution is 2.19. The Morgan fingerprint density at radius 1 is 1.35 bits per heavy atom.